The average Bonchev–Trinajstić information content (AvgIpc) is 2.31. The summed E-state index contributed by atoms with van der Waals surface area (Å²) in [5, 5.41) is 4.03. The standard InChI is InChI=1S/C16H20S2/c1-11(2)17-15-9-10-16(18-12(3)4)14-8-6-5-7-13(14)15/h5-12H,1-4H3. The Labute approximate surface area is 119 Å². The Morgan fingerprint density at radius 2 is 1.06 bits per heavy atom. The highest BCUT2D eigenvalue weighted by molar-refractivity contribution is 8.00. The van der Waals surface area contributed by atoms with E-state index in [4.69, 9.17) is 0 Å². The fourth-order valence-corrected chi connectivity index (χ4v) is 3.88. The molecule has 18 heavy (non-hydrogen) atoms. The van der Waals surface area contributed by atoms with Gasteiger partial charge < -0.3 is 0 Å². The van der Waals surface area contributed by atoms with Crippen molar-refractivity contribution in [1.82, 2.24) is 0 Å². The first-order valence-electron chi connectivity index (χ1n) is 6.43. The minimum absolute atomic E-state index is 0.622. The van der Waals surface area contributed by atoms with Crippen molar-refractivity contribution >= 4 is 34.3 Å². The van der Waals surface area contributed by atoms with Gasteiger partial charge in [0.05, 0.1) is 0 Å². The maximum Gasteiger partial charge on any atom is 0.0154 e. The van der Waals surface area contributed by atoms with Crippen molar-refractivity contribution in [1.29, 1.82) is 0 Å². The highest BCUT2D eigenvalue weighted by atomic mass is 32.2. The molecular formula is C16H20S2. The second kappa shape index (κ2) is 6.03. The van der Waals surface area contributed by atoms with Crippen molar-refractivity contribution in [2.24, 2.45) is 0 Å². The molecule has 2 rings (SSSR count). The Bertz CT molecular complexity index is 481. The van der Waals surface area contributed by atoms with Crippen LogP contribution >= 0.6 is 23.5 Å². The molecule has 2 heteroatoms. The van der Waals surface area contributed by atoms with Gasteiger partial charge in [0.25, 0.3) is 0 Å². The second-order valence-electron chi connectivity index (χ2n) is 4.94. The van der Waals surface area contributed by atoms with Gasteiger partial charge in [-0.3, -0.25) is 0 Å². The molecule has 0 nitrogen and oxygen atoms in total. The lowest BCUT2D eigenvalue weighted by Gasteiger charge is -2.13. The molecule has 0 saturated heterocycles. The molecule has 2 aromatic carbocycles. The summed E-state index contributed by atoms with van der Waals surface area (Å²) in [5.74, 6) is 0. The van der Waals surface area contributed by atoms with Gasteiger partial charge in [-0.25, -0.2) is 0 Å². The zero-order valence-corrected chi connectivity index (χ0v) is 13.1. The maximum atomic E-state index is 2.28. The van der Waals surface area contributed by atoms with Crippen LogP contribution in [-0.4, -0.2) is 10.5 Å². The smallest absolute Gasteiger partial charge is 0.0154 e. The van der Waals surface area contributed by atoms with Crippen molar-refractivity contribution < 1.29 is 0 Å². The molecule has 0 atom stereocenters. The monoisotopic (exact) mass is 276 g/mol. The predicted octanol–water partition coefficient (Wildman–Crippen LogP) is 5.84. The largest absolute Gasteiger partial charge is 0.123 e. The maximum absolute atomic E-state index is 2.28. The van der Waals surface area contributed by atoms with Gasteiger partial charge in [0, 0.05) is 20.3 Å². The summed E-state index contributed by atoms with van der Waals surface area (Å²) < 4.78 is 0. The average molecular weight is 276 g/mol. The molecule has 2 aromatic rings. The fraction of sp³-hybridized carbons (Fsp3) is 0.375. The minimum atomic E-state index is 0.622. The molecular weight excluding hydrogens is 256 g/mol. The van der Waals surface area contributed by atoms with Crippen LogP contribution in [0.5, 0.6) is 0 Å². The van der Waals surface area contributed by atoms with E-state index in [1.165, 1.54) is 20.6 Å². The second-order valence-corrected chi connectivity index (χ2v) is 8.18. The molecule has 0 radical (unpaired) electrons. The van der Waals surface area contributed by atoms with Crippen molar-refractivity contribution in [2.45, 2.75) is 48.0 Å². The zero-order valence-electron chi connectivity index (χ0n) is 11.4. The molecule has 0 unspecified atom stereocenters. The van der Waals surface area contributed by atoms with Gasteiger partial charge in [0.2, 0.25) is 0 Å². The Kier molecular flexibility index (Phi) is 4.63. The van der Waals surface area contributed by atoms with Gasteiger partial charge in [-0.2, -0.15) is 0 Å². The predicted molar refractivity (Wildman–Crippen MR) is 85.9 cm³/mol. The molecule has 0 aliphatic rings. The Balaban J connectivity index is 2.51. The van der Waals surface area contributed by atoms with E-state index in [2.05, 4.69) is 64.1 Å². The Morgan fingerprint density at radius 3 is 1.39 bits per heavy atom. The molecule has 0 spiro atoms. The zero-order chi connectivity index (χ0) is 13.1. The van der Waals surface area contributed by atoms with E-state index in [1.807, 2.05) is 23.5 Å². The first-order chi connectivity index (χ1) is 8.58. The summed E-state index contributed by atoms with van der Waals surface area (Å²) in [4.78, 5) is 2.79. The first-order valence-corrected chi connectivity index (χ1v) is 8.19. The van der Waals surface area contributed by atoms with E-state index in [-0.39, 0.29) is 0 Å². The number of benzene rings is 2. The van der Waals surface area contributed by atoms with Crippen molar-refractivity contribution in [2.75, 3.05) is 0 Å². The molecule has 0 aromatic heterocycles. The SMILES string of the molecule is CC(C)Sc1ccc(SC(C)C)c2ccccc12. The van der Waals surface area contributed by atoms with Gasteiger partial charge in [-0.05, 0) is 22.9 Å². The lowest BCUT2D eigenvalue weighted by Crippen LogP contribution is -1.90. The van der Waals surface area contributed by atoms with Crippen LogP contribution in [0.4, 0.5) is 0 Å². The Hall–Kier alpha value is -0.600. The number of thioether (sulfide) groups is 2. The van der Waals surface area contributed by atoms with Crippen LogP contribution in [0.1, 0.15) is 27.7 Å². The lowest BCUT2D eigenvalue weighted by molar-refractivity contribution is 1.11. The lowest BCUT2D eigenvalue weighted by atomic mass is 10.1. The molecule has 0 aliphatic carbocycles. The highest BCUT2D eigenvalue weighted by Gasteiger charge is 2.09. The number of rotatable bonds is 4. The van der Waals surface area contributed by atoms with Crippen molar-refractivity contribution in [3.8, 4) is 0 Å². The van der Waals surface area contributed by atoms with E-state index < -0.39 is 0 Å². The topological polar surface area (TPSA) is 0 Å². The van der Waals surface area contributed by atoms with Crippen molar-refractivity contribution in [3.63, 3.8) is 0 Å². The third kappa shape index (κ3) is 3.24. The summed E-state index contributed by atoms with van der Waals surface area (Å²) in [6, 6.07) is 13.3. The van der Waals surface area contributed by atoms with E-state index in [0.717, 1.165) is 0 Å². The van der Waals surface area contributed by atoms with Crippen LogP contribution < -0.4 is 0 Å². The third-order valence-corrected chi connectivity index (χ3v) is 4.73. The fourth-order valence-electron chi connectivity index (χ4n) is 1.96. The van der Waals surface area contributed by atoms with Gasteiger partial charge in [0.15, 0.2) is 0 Å². The van der Waals surface area contributed by atoms with Gasteiger partial charge in [0.1, 0.15) is 0 Å². The molecule has 0 fully saturated rings. The molecule has 0 bridgehead atoms. The summed E-state index contributed by atoms with van der Waals surface area (Å²) in [7, 11) is 0. The van der Waals surface area contributed by atoms with Crippen LogP contribution in [0, 0.1) is 0 Å². The quantitative estimate of drug-likeness (QED) is 0.643. The van der Waals surface area contributed by atoms with Gasteiger partial charge in [-0.1, -0.05) is 52.0 Å². The summed E-state index contributed by atoms with van der Waals surface area (Å²) in [5.41, 5.74) is 0. The molecule has 96 valence electrons. The van der Waals surface area contributed by atoms with Crippen LogP contribution in [0.2, 0.25) is 0 Å². The number of fused-ring (bicyclic) bond motifs is 1. The summed E-state index contributed by atoms with van der Waals surface area (Å²) >= 11 is 3.89. The van der Waals surface area contributed by atoms with E-state index in [9.17, 15) is 0 Å². The Morgan fingerprint density at radius 1 is 0.667 bits per heavy atom. The molecule has 0 heterocycles. The van der Waals surface area contributed by atoms with Crippen molar-refractivity contribution in [3.05, 3.63) is 36.4 Å². The van der Waals surface area contributed by atoms with Gasteiger partial charge in [-0.15, -0.1) is 23.5 Å². The first kappa shape index (κ1) is 13.8. The highest BCUT2D eigenvalue weighted by Crippen LogP contribution is 2.37. The third-order valence-electron chi connectivity index (χ3n) is 2.57. The molecule has 0 amide bonds. The number of hydrogen-bond donors (Lipinski definition) is 0. The summed E-state index contributed by atoms with van der Waals surface area (Å²) in [6.07, 6.45) is 0. The van der Waals surface area contributed by atoms with Crippen LogP contribution in [0.3, 0.4) is 0 Å². The van der Waals surface area contributed by atoms with Crippen LogP contribution in [0.25, 0.3) is 10.8 Å². The normalized spacial score (nSPS) is 11.7. The van der Waals surface area contributed by atoms with E-state index >= 15 is 0 Å². The van der Waals surface area contributed by atoms with Crippen LogP contribution in [0.15, 0.2) is 46.2 Å². The molecule has 0 aliphatic heterocycles. The molecule has 0 saturated carbocycles. The van der Waals surface area contributed by atoms with Gasteiger partial charge >= 0.3 is 0 Å². The summed E-state index contributed by atoms with van der Waals surface area (Å²) in [6.45, 7) is 8.98. The van der Waals surface area contributed by atoms with E-state index in [1.54, 1.807) is 0 Å². The minimum Gasteiger partial charge on any atom is -0.123 e. The molecule has 0 N–H and O–H groups in total. The van der Waals surface area contributed by atoms with Crippen LogP contribution in [-0.2, 0) is 0 Å². The number of hydrogen-bond acceptors (Lipinski definition) is 2. The van der Waals surface area contributed by atoms with E-state index in [0.29, 0.717) is 10.5 Å².